The van der Waals surface area contributed by atoms with E-state index >= 15 is 0 Å². The molecular formula is C30H26N8O5S. The minimum absolute atomic E-state index is 0.0895. The Bertz CT molecular complexity index is 2220. The van der Waals surface area contributed by atoms with E-state index in [1.54, 1.807) is 69.4 Å². The van der Waals surface area contributed by atoms with Gasteiger partial charge in [0.1, 0.15) is 5.56 Å². The van der Waals surface area contributed by atoms with E-state index in [4.69, 9.17) is 6.42 Å². The lowest BCUT2D eigenvalue weighted by Crippen LogP contribution is -2.35. The van der Waals surface area contributed by atoms with Gasteiger partial charge in [0.05, 0.1) is 28.4 Å². The molecule has 3 aromatic heterocycles. The van der Waals surface area contributed by atoms with Gasteiger partial charge in [-0.3, -0.25) is 23.7 Å². The van der Waals surface area contributed by atoms with Crippen molar-refractivity contribution in [3.63, 3.8) is 0 Å². The van der Waals surface area contributed by atoms with Gasteiger partial charge in [-0.25, -0.2) is 9.50 Å². The number of rotatable bonds is 8. The lowest BCUT2D eigenvalue weighted by Gasteiger charge is -2.23. The van der Waals surface area contributed by atoms with Crippen molar-refractivity contribution in [3.8, 4) is 18.0 Å². The van der Waals surface area contributed by atoms with Crippen LogP contribution in [0.5, 0.6) is 0 Å². The van der Waals surface area contributed by atoms with Gasteiger partial charge in [-0.1, -0.05) is 31.0 Å². The van der Waals surface area contributed by atoms with E-state index in [-0.39, 0.29) is 46.1 Å². The van der Waals surface area contributed by atoms with Gasteiger partial charge in [0, 0.05) is 42.6 Å². The fourth-order valence-electron chi connectivity index (χ4n) is 5.52. The van der Waals surface area contributed by atoms with Crippen molar-refractivity contribution in [3.05, 3.63) is 93.7 Å². The van der Waals surface area contributed by atoms with Crippen LogP contribution in [0.25, 0.3) is 22.1 Å². The largest absolute Gasteiger partial charge is 0.344 e. The smallest absolute Gasteiger partial charge is 0.300 e. The predicted octanol–water partition coefficient (Wildman–Crippen LogP) is 2.36. The van der Waals surface area contributed by atoms with Crippen LogP contribution < -0.4 is 25.2 Å². The zero-order valence-corrected chi connectivity index (χ0v) is 24.6. The number of hydrogen-bond donors (Lipinski definition) is 3. The van der Waals surface area contributed by atoms with Crippen LogP contribution in [0.1, 0.15) is 51.9 Å². The summed E-state index contributed by atoms with van der Waals surface area (Å²) in [7, 11) is -2.46. The number of para-hydroxylation sites is 1. The van der Waals surface area contributed by atoms with Gasteiger partial charge in [-0.2, -0.15) is 13.1 Å². The third kappa shape index (κ3) is 4.46. The fraction of sp³-hybridized carbons (Fsp3) is 0.167. The summed E-state index contributed by atoms with van der Waals surface area (Å²) < 4.78 is 32.3. The van der Waals surface area contributed by atoms with Crippen molar-refractivity contribution in [2.45, 2.75) is 19.9 Å². The van der Waals surface area contributed by atoms with E-state index in [1.807, 2.05) is 0 Å². The van der Waals surface area contributed by atoms with Gasteiger partial charge in [0.25, 0.3) is 27.6 Å². The maximum Gasteiger partial charge on any atom is 0.300 e. The van der Waals surface area contributed by atoms with Crippen molar-refractivity contribution < 1.29 is 18.0 Å². The molecule has 0 fully saturated rings. The second-order valence-corrected chi connectivity index (χ2v) is 11.5. The highest BCUT2D eigenvalue weighted by Gasteiger charge is 2.37. The van der Waals surface area contributed by atoms with Crippen LogP contribution >= 0.6 is 0 Å². The summed E-state index contributed by atoms with van der Waals surface area (Å²) in [6.07, 6.45) is 8.74. The topological polar surface area (TPSA) is 160 Å². The van der Waals surface area contributed by atoms with Crippen molar-refractivity contribution in [2.75, 3.05) is 23.2 Å². The molecule has 0 spiro atoms. The first-order chi connectivity index (χ1) is 21.1. The summed E-state index contributed by atoms with van der Waals surface area (Å²) in [5, 5.41) is 7.69. The fourth-order valence-corrected chi connectivity index (χ4v) is 6.37. The first-order valence-corrected chi connectivity index (χ1v) is 15.0. The zero-order chi connectivity index (χ0) is 31.3. The number of hydrogen-bond acceptors (Lipinski definition) is 7. The Balaban J connectivity index is 1.56. The van der Waals surface area contributed by atoms with Crippen LogP contribution in [0.3, 0.4) is 0 Å². The van der Waals surface area contributed by atoms with Crippen molar-refractivity contribution in [1.82, 2.24) is 29.2 Å². The molecule has 0 bridgehead atoms. The van der Waals surface area contributed by atoms with Gasteiger partial charge in [0.2, 0.25) is 0 Å². The molecule has 5 aromatic rings. The number of fused-ring (bicyclic) bond motifs is 1. The number of anilines is 2. The summed E-state index contributed by atoms with van der Waals surface area (Å²) in [5.41, 5.74) is 1.24. The Labute approximate surface area is 251 Å². The molecule has 2 amide bonds. The van der Waals surface area contributed by atoms with E-state index in [0.717, 1.165) is 0 Å². The molecule has 14 heteroatoms. The van der Waals surface area contributed by atoms with Crippen LogP contribution in [-0.2, 0) is 10.2 Å². The summed E-state index contributed by atoms with van der Waals surface area (Å²) >= 11 is 0. The molecule has 0 radical (unpaired) electrons. The molecular weight excluding hydrogens is 584 g/mol. The molecule has 3 N–H and O–H groups in total. The molecule has 1 aliphatic heterocycles. The summed E-state index contributed by atoms with van der Waals surface area (Å²) in [4.78, 5) is 47.7. The Hall–Kier alpha value is -5.52. The molecule has 0 saturated heterocycles. The van der Waals surface area contributed by atoms with E-state index in [2.05, 4.69) is 30.8 Å². The summed E-state index contributed by atoms with van der Waals surface area (Å²) in [5.74, 6) is 1.19. The van der Waals surface area contributed by atoms with Gasteiger partial charge in [-0.05, 0) is 37.3 Å². The highest BCUT2D eigenvalue weighted by Crippen LogP contribution is 2.40. The second-order valence-electron chi connectivity index (χ2n) is 10.0. The van der Waals surface area contributed by atoms with Gasteiger partial charge < -0.3 is 10.2 Å². The van der Waals surface area contributed by atoms with Crippen LogP contribution in [0.2, 0.25) is 0 Å². The highest BCUT2D eigenvalue weighted by molar-refractivity contribution is 7.90. The maximum absolute atomic E-state index is 14.3. The first kappa shape index (κ1) is 28.6. The quantitative estimate of drug-likeness (QED) is 0.228. The third-order valence-electron chi connectivity index (χ3n) is 7.34. The number of pyridine rings is 1. The van der Waals surface area contributed by atoms with Crippen LogP contribution in [0.4, 0.5) is 11.5 Å². The van der Waals surface area contributed by atoms with Crippen LogP contribution in [0, 0.1) is 12.3 Å². The minimum Gasteiger partial charge on any atom is -0.344 e. The molecule has 1 atom stereocenters. The molecule has 0 aliphatic carbocycles. The predicted molar refractivity (Wildman–Crippen MR) is 165 cm³/mol. The van der Waals surface area contributed by atoms with Crippen molar-refractivity contribution >= 4 is 49.9 Å². The molecule has 1 unspecified atom stereocenters. The maximum atomic E-state index is 14.3. The molecule has 6 rings (SSSR count). The number of nitrogens with one attached hydrogen (secondary N) is 3. The van der Waals surface area contributed by atoms with E-state index in [1.165, 1.54) is 26.4 Å². The Morgan fingerprint density at radius 2 is 1.84 bits per heavy atom. The number of carbonyl (C=O) groups excluding carboxylic acids is 2. The molecule has 44 heavy (non-hydrogen) atoms. The van der Waals surface area contributed by atoms with Gasteiger partial charge in [0.15, 0.2) is 11.5 Å². The SMILES string of the molecule is C#Cc1ccc2c3c(c(C(C)NC(=O)c4c(NS(=O)(=O)NCC)nn5cccnc45)n(-c4ccccc4)c(=O)c13)C(=O)N2C. The number of amides is 2. The molecule has 4 heterocycles. The zero-order valence-electron chi connectivity index (χ0n) is 23.8. The lowest BCUT2D eigenvalue weighted by atomic mass is 9.97. The number of nitrogens with zero attached hydrogens (tertiary/aromatic N) is 5. The number of aromatic nitrogens is 4. The molecule has 2 aromatic carbocycles. The van der Waals surface area contributed by atoms with Gasteiger partial charge >= 0.3 is 0 Å². The number of benzene rings is 2. The van der Waals surface area contributed by atoms with Crippen LogP contribution in [-0.4, -0.2) is 53.0 Å². The Morgan fingerprint density at radius 1 is 1.09 bits per heavy atom. The first-order valence-electron chi connectivity index (χ1n) is 13.5. The minimum atomic E-state index is -4.06. The lowest BCUT2D eigenvalue weighted by molar-refractivity contribution is 0.0935. The Kier molecular flexibility index (Phi) is 6.91. The van der Waals surface area contributed by atoms with Crippen molar-refractivity contribution in [2.24, 2.45) is 0 Å². The Morgan fingerprint density at radius 3 is 2.55 bits per heavy atom. The average molecular weight is 611 g/mol. The average Bonchev–Trinajstić information content (AvgIpc) is 3.48. The summed E-state index contributed by atoms with van der Waals surface area (Å²) in [6, 6.07) is 12.7. The highest BCUT2D eigenvalue weighted by atomic mass is 32.2. The molecule has 1 aliphatic rings. The number of carbonyl (C=O) groups is 2. The number of terminal acetylenes is 1. The normalized spacial score (nSPS) is 13.3. The van der Waals surface area contributed by atoms with E-state index in [0.29, 0.717) is 22.3 Å². The van der Waals surface area contributed by atoms with Crippen LogP contribution in [0.15, 0.2) is 65.7 Å². The van der Waals surface area contributed by atoms with Gasteiger partial charge in [-0.15, -0.1) is 11.5 Å². The second kappa shape index (κ2) is 10.6. The van der Waals surface area contributed by atoms with Crippen molar-refractivity contribution in [1.29, 1.82) is 0 Å². The standard InChI is InChI=1S/C30H26N8O5S/c1-5-18-13-14-20-22-21(18)30(41)38(19-11-8-7-9-12-19)25(23(22)29(40)36(20)4)17(3)33-28(39)24-26(35-44(42,43)32-6-2)34-37-16-10-15-31-27(24)37/h1,7-17,32H,6H2,2-4H3,(H,33,39)(H,34,35). The molecule has 13 nitrogen and oxygen atoms in total. The molecule has 222 valence electrons. The third-order valence-corrected chi connectivity index (χ3v) is 8.47. The monoisotopic (exact) mass is 610 g/mol. The molecule has 0 saturated carbocycles. The summed E-state index contributed by atoms with van der Waals surface area (Å²) in [6.45, 7) is 3.34. The van der Waals surface area contributed by atoms with E-state index < -0.39 is 27.7 Å². The van der Waals surface area contributed by atoms with E-state index in [9.17, 15) is 22.8 Å².